The number of nitrogens with two attached hydrogens (primary N) is 1. The van der Waals surface area contributed by atoms with Crippen molar-refractivity contribution in [2.45, 2.75) is 19.0 Å². The Labute approximate surface area is 165 Å². The molecule has 3 N–H and O–H groups in total. The zero-order valence-electron chi connectivity index (χ0n) is 15.3. The molecule has 1 atom stereocenters. The second kappa shape index (κ2) is 9.36. The van der Waals surface area contributed by atoms with Crippen LogP contribution in [0.5, 0.6) is 0 Å². The van der Waals surface area contributed by atoms with Gasteiger partial charge in [-0.3, -0.25) is 4.79 Å². The van der Waals surface area contributed by atoms with Crippen molar-refractivity contribution >= 4 is 17.5 Å². The van der Waals surface area contributed by atoms with Crippen LogP contribution in [0.1, 0.15) is 35.7 Å². The number of nitrogens with one attached hydrogen (secondary N) is 1. The van der Waals surface area contributed by atoms with Gasteiger partial charge < -0.3 is 10.6 Å². The molecule has 0 bridgehead atoms. The van der Waals surface area contributed by atoms with Gasteiger partial charge in [-0.05, 0) is 30.2 Å². The molecule has 4 heteroatoms. The minimum absolute atomic E-state index is 0.00147. The van der Waals surface area contributed by atoms with Crippen LogP contribution in [0.15, 0.2) is 84.9 Å². The van der Waals surface area contributed by atoms with Crippen LogP contribution in [-0.4, -0.2) is 12.5 Å². The molecule has 0 saturated carbocycles. The molecule has 1 amide bonds. The molecule has 0 unspecified atom stereocenters. The molecular weight excluding hydrogens is 356 g/mol. The number of carbonyl (C=O) groups excluding carboxylic acids is 1. The van der Waals surface area contributed by atoms with Crippen LogP contribution in [0.2, 0.25) is 5.02 Å². The fraction of sp³-hybridized carbons (Fsp3) is 0.174. The van der Waals surface area contributed by atoms with E-state index in [-0.39, 0.29) is 18.0 Å². The largest absolute Gasteiger partial charge is 0.340 e. The molecule has 0 aliphatic rings. The fourth-order valence-corrected chi connectivity index (χ4v) is 3.28. The third kappa shape index (κ3) is 5.43. The van der Waals surface area contributed by atoms with E-state index in [0.29, 0.717) is 11.6 Å². The zero-order valence-corrected chi connectivity index (χ0v) is 16.1. The van der Waals surface area contributed by atoms with Crippen LogP contribution in [0.3, 0.4) is 0 Å². The smallest absolute Gasteiger partial charge is 0.275 e. The summed E-state index contributed by atoms with van der Waals surface area (Å²) in [5, 5.41) is 5.91. The molecule has 138 valence electrons. The summed E-state index contributed by atoms with van der Waals surface area (Å²) in [7, 11) is 0. The molecule has 3 aromatic rings. The number of rotatable bonds is 7. The molecule has 0 heterocycles. The second-order valence-corrected chi connectivity index (χ2v) is 7.04. The summed E-state index contributed by atoms with van der Waals surface area (Å²) >= 11 is 6.06. The highest BCUT2D eigenvalue weighted by molar-refractivity contribution is 6.30. The van der Waals surface area contributed by atoms with Gasteiger partial charge in [0.05, 0.1) is 6.04 Å². The van der Waals surface area contributed by atoms with Gasteiger partial charge in [0.15, 0.2) is 6.54 Å². The normalized spacial score (nSPS) is 12.0. The van der Waals surface area contributed by atoms with Crippen molar-refractivity contribution in [1.82, 2.24) is 5.32 Å². The van der Waals surface area contributed by atoms with E-state index in [0.717, 1.165) is 16.7 Å². The summed E-state index contributed by atoms with van der Waals surface area (Å²) in [6, 6.07) is 27.8. The first-order valence-corrected chi connectivity index (χ1v) is 9.49. The summed E-state index contributed by atoms with van der Waals surface area (Å²) in [6.45, 7) is 2.43. The van der Waals surface area contributed by atoms with Crippen LogP contribution in [0, 0.1) is 0 Å². The first-order valence-electron chi connectivity index (χ1n) is 9.11. The maximum atomic E-state index is 12.6. The average molecular weight is 380 g/mol. The molecule has 0 fully saturated rings. The SMILES string of the molecule is C[C@H]([NH2+]CC(=O)NC(c1ccccc1)c1ccccc1)c1cccc(Cl)c1. The summed E-state index contributed by atoms with van der Waals surface area (Å²) < 4.78 is 0. The molecule has 3 nitrogen and oxygen atoms in total. The number of amides is 1. The standard InChI is InChI=1S/C23H23ClN2O/c1-17(20-13-8-14-21(24)15-20)25-16-22(27)26-23(18-9-4-2-5-10-18)19-11-6-3-7-12-19/h2-15,17,23,25H,16H2,1H3,(H,26,27)/p+1/t17-/m0/s1. The highest BCUT2D eigenvalue weighted by Gasteiger charge is 2.18. The van der Waals surface area contributed by atoms with Gasteiger partial charge in [0.25, 0.3) is 5.91 Å². The highest BCUT2D eigenvalue weighted by atomic mass is 35.5. The molecule has 0 radical (unpaired) electrons. The Kier molecular flexibility index (Phi) is 6.64. The third-order valence-corrected chi connectivity index (χ3v) is 4.84. The van der Waals surface area contributed by atoms with Crippen LogP contribution in [0.25, 0.3) is 0 Å². The lowest BCUT2D eigenvalue weighted by atomic mass is 9.99. The third-order valence-electron chi connectivity index (χ3n) is 4.60. The Balaban J connectivity index is 1.66. The molecule has 3 rings (SSSR count). The summed E-state index contributed by atoms with van der Waals surface area (Å²) in [4.78, 5) is 12.6. The number of hydrogen-bond donors (Lipinski definition) is 2. The van der Waals surface area contributed by atoms with Crippen LogP contribution in [0.4, 0.5) is 0 Å². The fourth-order valence-electron chi connectivity index (χ4n) is 3.08. The predicted octanol–water partition coefficient (Wildman–Crippen LogP) is 3.87. The number of quaternary nitrogens is 1. The van der Waals surface area contributed by atoms with Crippen LogP contribution < -0.4 is 10.6 Å². The Hall–Kier alpha value is -2.62. The van der Waals surface area contributed by atoms with Gasteiger partial charge in [0.1, 0.15) is 6.04 Å². The Morgan fingerprint density at radius 1 is 0.889 bits per heavy atom. The van der Waals surface area contributed by atoms with Crippen molar-refractivity contribution in [1.29, 1.82) is 0 Å². The van der Waals surface area contributed by atoms with Crippen molar-refractivity contribution in [2.75, 3.05) is 6.54 Å². The van der Waals surface area contributed by atoms with Crippen molar-refractivity contribution in [3.05, 3.63) is 107 Å². The van der Waals surface area contributed by atoms with Crippen molar-refractivity contribution in [2.24, 2.45) is 0 Å². The first-order chi connectivity index (χ1) is 13.1. The maximum Gasteiger partial charge on any atom is 0.275 e. The predicted molar refractivity (Wildman–Crippen MR) is 110 cm³/mol. The summed E-state index contributed by atoms with van der Waals surface area (Å²) in [5.74, 6) is 0.00147. The highest BCUT2D eigenvalue weighted by Crippen LogP contribution is 2.21. The Bertz CT molecular complexity index is 828. The van der Waals surface area contributed by atoms with E-state index in [1.165, 1.54) is 0 Å². The van der Waals surface area contributed by atoms with Crippen molar-refractivity contribution in [3.63, 3.8) is 0 Å². The van der Waals surface area contributed by atoms with E-state index in [9.17, 15) is 4.79 Å². The molecular formula is C23H24ClN2O+. The van der Waals surface area contributed by atoms with E-state index in [1.807, 2.05) is 90.2 Å². The van der Waals surface area contributed by atoms with Gasteiger partial charge in [0, 0.05) is 10.6 Å². The van der Waals surface area contributed by atoms with Crippen LogP contribution >= 0.6 is 11.6 Å². The monoisotopic (exact) mass is 379 g/mol. The Morgan fingerprint density at radius 2 is 1.44 bits per heavy atom. The summed E-state index contributed by atoms with van der Waals surface area (Å²) in [5.41, 5.74) is 3.25. The van der Waals surface area contributed by atoms with Crippen molar-refractivity contribution in [3.8, 4) is 0 Å². The molecule has 0 aliphatic heterocycles. The van der Waals surface area contributed by atoms with Gasteiger partial charge in [0.2, 0.25) is 0 Å². The van der Waals surface area contributed by atoms with E-state index < -0.39 is 0 Å². The Morgan fingerprint density at radius 3 is 2.00 bits per heavy atom. The summed E-state index contributed by atoms with van der Waals surface area (Å²) in [6.07, 6.45) is 0. The minimum Gasteiger partial charge on any atom is -0.340 e. The van der Waals surface area contributed by atoms with Gasteiger partial charge >= 0.3 is 0 Å². The molecule has 3 aromatic carbocycles. The van der Waals surface area contributed by atoms with Crippen LogP contribution in [-0.2, 0) is 4.79 Å². The van der Waals surface area contributed by atoms with E-state index in [4.69, 9.17) is 11.6 Å². The van der Waals surface area contributed by atoms with E-state index >= 15 is 0 Å². The maximum absolute atomic E-state index is 12.6. The number of hydrogen-bond acceptors (Lipinski definition) is 1. The van der Waals surface area contributed by atoms with Gasteiger partial charge in [-0.15, -0.1) is 0 Å². The first kappa shape index (κ1) is 19.2. The second-order valence-electron chi connectivity index (χ2n) is 6.61. The van der Waals surface area contributed by atoms with Gasteiger partial charge in [-0.2, -0.15) is 0 Å². The lowest BCUT2D eigenvalue weighted by molar-refractivity contribution is -0.682. The zero-order chi connectivity index (χ0) is 19.1. The number of carbonyl (C=O) groups is 1. The number of benzene rings is 3. The molecule has 0 saturated heterocycles. The minimum atomic E-state index is -0.158. The lowest BCUT2D eigenvalue weighted by Crippen LogP contribution is -2.87. The topological polar surface area (TPSA) is 45.7 Å². The quantitative estimate of drug-likeness (QED) is 0.643. The molecule has 0 aliphatic carbocycles. The molecule has 0 aromatic heterocycles. The van der Waals surface area contributed by atoms with Crippen molar-refractivity contribution < 1.29 is 10.1 Å². The van der Waals surface area contributed by atoms with Gasteiger partial charge in [-0.1, -0.05) is 84.4 Å². The number of halogens is 1. The average Bonchev–Trinajstić information content (AvgIpc) is 2.71. The van der Waals surface area contributed by atoms with Gasteiger partial charge in [-0.25, -0.2) is 0 Å². The van der Waals surface area contributed by atoms with E-state index in [1.54, 1.807) is 0 Å². The lowest BCUT2D eigenvalue weighted by Gasteiger charge is -2.20. The van der Waals surface area contributed by atoms with E-state index in [2.05, 4.69) is 12.2 Å². The molecule has 27 heavy (non-hydrogen) atoms. The molecule has 0 spiro atoms.